The molecule has 3 nitrogen and oxygen atoms in total. The molecule has 0 saturated carbocycles. The Balaban J connectivity index is 2.95. The fourth-order valence-electron chi connectivity index (χ4n) is 0.991. The van der Waals surface area contributed by atoms with Gasteiger partial charge in [0.25, 0.3) is 0 Å². The molecule has 0 bridgehead atoms. The third kappa shape index (κ3) is 0.572. The molecule has 2 aromatic heterocycles. The van der Waals surface area contributed by atoms with Crippen LogP contribution in [0, 0.1) is 0 Å². The Kier molecular flexibility index (Phi) is 0.917. The maximum Gasteiger partial charge on any atom is 0.204 e. The predicted octanol–water partition coefficient (Wildman–Crippen LogP) is 0.916. The Bertz CT molecular complexity index is 350. The van der Waals surface area contributed by atoms with Crippen LogP contribution in [-0.4, -0.2) is 9.38 Å². The molecule has 2 rings (SSSR count). The number of nitrogens with two attached hydrogens (primary N) is 1. The highest BCUT2D eigenvalue weighted by atomic mass is 15.1. The Morgan fingerprint density at radius 2 is 2.30 bits per heavy atom. The topological polar surface area (TPSA) is 43.3 Å². The van der Waals surface area contributed by atoms with E-state index in [-0.39, 0.29) is 0 Å². The van der Waals surface area contributed by atoms with Crippen LogP contribution in [0.2, 0.25) is 0 Å². The Labute approximate surface area is 58.1 Å². The first-order valence-electron chi connectivity index (χ1n) is 3.05. The van der Waals surface area contributed by atoms with Crippen molar-refractivity contribution in [3.63, 3.8) is 0 Å². The molecule has 0 aromatic carbocycles. The van der Waals surface area contributed by atoms with E-state index in [0.717, 1.165) is 5.52 Å². The molecule has 2 N–H and O–H groups in total. The standard InChI is InChI=1S/C7H7N3/c8-7-9-4-3-6-2-1-5-10(6)7/h1-5H,(H2,8,9). The highest BCUT2D eigenvalue weighted by Gasteiger charge is 1.92. The second-order valence-corrected chi connectivity index (χ2v) is 2.11. The van der Waals surface area contributed by atoms with Crippen LogP contribution >= 0.6 is 0 Å². The summed E-state index contributed by atoms with van der Waals surface area (Å²) < 4.78 is 1.83. The van der Waals surface area contributed by atoms with Gasteiger partial charge in [0.05, 0.1) is 0 Å². The molecule has 0 fully saturated rings. The van der Waals surface area contributed by atoms with Crippen LogP contribution in [0.15, 0.2) is 30.6 Å². The molecule has 0 spiro atoms. The Morgan fingerprint density at radius 1 is 1.40 bits per heavy atom. The second-order valence-electron chi connectivity index (χ2n) is 2.11. The predicted molar refractivity (Wildman–Crippen MR) is 39.6 cm³/mol. The van der Waals surface area contributed by atoms with Gasteiger partial charge in [0.15, 0.2) is 0 Å². The van der Waals surface area contributed by atoms with E-state index in [4.69, 9.17) is 5.73 Å². The number of hydrogen-bond donors (Lipinski definition) is 1. The first-order valence-corrected chi connectivity index (χ1v) is 3.05. The van der Waals surface area contributed by atoms with Gasteiger partial charge in [0, 0.05) is 17.9 Å². The van der Waals surface area contributed by atoms with Crippen molar-refractivity contribution < 1.29 is 0 Å². The molecular weight excluding hydrogens is 126 g/mol. The van der Waals surface area contributed by atoms with E-state index in [1.807, 2.05) is 28.8 Å². The van der Waals surface area contributed by atoms with Crippen molar-refractivity contribution in [2.75, 3.05) is 5.73 Å². The Hall–Kier alpha value is -1.51. The normalized spacial score (nSPS) is 10.4. The molecule has 0 aliphatic heterocycles. The number of nitrogens with zero attached hydrogens (tertiary/aromatic N) is 2. The summed E-state index contributed by atoms with van der Waals surface area (Å²) in [5.74, 6) is 0.530. The molecule has 0 radical (unpaired) electrons. The lowest BCUT2D eigenvalue weighted by molar-refractivity contribution is 1.12. The fraction of sp³-hybridized carbons (Fsp3) is 0. The van der Waals surface area contributed by atoms with Gasteiger partial charge in [0.1, 0.15) is 0 Å². The van der Waals surface area contributed by atoms with Crippen molar-refractivity contribution in [3.05, 3.63) is 30.6 Å². The third-order valence-electron chi connectivity index (χ3n) is 1.48. The minimum absolute atomic E-state index is 0.530. The van der Waals surface area contributed by atoms with Crippen LogP contribution in [-0.2, 0) is 0 Å². The number of anilines is 1. The van der Waals surface area contributed by atoms with Gasteiger partial charge in [-0.15, -0.1) is 0 Å². The zero-order valence-corrected chi connectivity index (χ0v) is 5.36. The van der Waals surface area contributed by atoms with Crippen molar-refractivity contribution in [3.8, 4) is 0 Å². The van der Waals surface area contributed by atoms with Crippen LogP contribution in [0.5, 0.6) is 0 Å². The summed E-state index contributed by atoms with van der Waals surface area (Å²) in [4.78, 5) is 3.92. The van der Waals surface area contributed by atoms with E-state index in [2.05, 4.69) is 4.98 Å². The monoisotopic (exact) mass is 133 g/mol. The van der Waals surface area contributed by atoms with E-state index >= 15 is 0 Å². The average Bonchev–Trinajstić information content (AvgIpc) is 2.36. The largest absolute Gasteiger partial charge is 0.369 e. The lowest BCUT2D eigenvalue weighted by atomic mass is 10.5. The summed E-state index contributed by atoms with van der Waals surface area (Å²) in [5.41, 5.74) is 6.63. The summed E-state index contributed by atoms with van der Waals surface area (Å²) >= 11 is 0. The molecule has 0 aliphatic carbocycles. The number of rotatable bonds is 0. The summed E-state index contributed by atoms with van der Waals surface area (Å²) in [7, 11) is 0. The van der Waals surface area contributed by atoms with Gasteiger partial charge in [0.2, 0.25) is 5.95 Å². The molecule has 10 heavy (non-hydrogen) atoms. The zero-order valence-electron chi connectivity index (χ0n) is 5.36. The van der Waals surface area contributed by atoms with E-state index in [9.17, 15) is 0 Å². The van der Waals surface area contributed by atoms with Crippen molar-refractivity contribution >= 4 is 11.5 Å². The van der Waals surface area contributed by atoms with Gasteiger partial charge in [-0.1, -0.05) is 0 Å². The minimum Gasteiger partial charge on any atom is -0.369 e. The second kappa shape index (κ2) is 1.73. The SMILES string of the molecule is Nc1nccc2cccn12. The third-order valence-corrected chi connectivity index (χ3v) is 1.48. The first-order chi connectivity index (χ1) is 4.88. The molecule has 2 heterocycles. The average molecular weight is 133 g/mol. The lowest BCUT2D eigenvalue weighted by Gasteiger charge is -1.95. The van der Waals surface area contributed by atoms with E-state index in [1.165, 1.54) is 0 Å². The number of nitrogen functional groups attached to an aromatic ring is 1. The summed E-state index contributed by atoms with van der Waals surface area (Å²) in [5, 5.41) is 0. The first kappa shape index (κ1) is 5.29. The van der Waals surface area contributed by atoms with Gasteiger partial charge >= 0.3 is 0 Å². The number of aromatic nitrogens is 2. The summed E-state index contributed by atoms with van der Waals surface area (Å²) in [6.07, 6.45) is 3.59. The minimum atomic E-state index is 0.530. The molecule has 0 saturated heterocycles. The van der Waals surface area contributed by atoms with Crippen LogP contribution in [0.25, 0.3) is 5.52 Å². The summed E-state index contributed by atoms with van der Waals surface area (Å²) in [6.45, 7) is 0. The van der Waals surface area contributed by atoms with Gasteiger partial charge in [-0.2, -0.15) is 0 Å². The Morgan fingerprint density at radius 3 is 3.10 bits per heavy atom. The van der Waals surface area contributed by atoms with Crippen molar-refractivity contribution in [1.29, 1.82) is 0 Å². The molecule has 0 amide bonds. The smallest absolute Gasteiger partial charge is 0.204 e. The zero-order chi connectivity index (χ0) is 6.97. The van der Waals surface area contributed by atoms with Crippen LogP contribution in [0.3, 0.4) is 0 Å². The van der Waals surface area contributed by atoms with Crippen molar-refractivity contribution in [2.24, 2.45) is 0 Å². The van der Waals surface area contributed by atoms with E-state index in [1.54, 1.807) is 6.20 Å². The summed E-state index contributed by atoms with van der Waals surface area (Å²) in [6, 6.07) is 5.84. The van der Waals surface area contributed by atoms with Gasteiger partial charge in [-0.05, 0) is 18.2 Å². The molecular formula is C7H7N3. The van der Waals surface area contributed by atoms with Crippen LogP contribution in [0.1, 0.15) is 0 Å². The van der Waals surface area contributed by atoms with Crippen molar-refractivity contribution in [2.45, 2.75) is 0 Å². The number of fused-ring (bicyclic) bond motifs is 1. The van der Waals surface area contributed by atoms with Gasteiger partial charge < -0.3 is 5.73 Å². The van der Waals surface area contributed by atoms with Gasteiger partial charge in [-0.25, -0.2) is 4.98 Å². The quantitative estimate of drug-likeness (QED) is 0.580. The number of hydrogen-bond acceptors (Lipinski definition) is 2. The van der Waals surface area contributed by atoms with E-state index in [0.29, 0.717) is 5.95 Å². The van der Waals surface area contributed by atoms with Crippen LogP contribution in [0.4, 0.5) is 5.95 Å². The fourth-order valence-corrected chi connectivity index (χ4v) is 0.991. The van der Waals surface area contributed by atoms with Crippen molar-refractivity contribution in [1.82, 2.24) is 9.38 Å². The highest BCUT2D eigenvalue weighted by Crippen LogP contribution is 2.05. The van der Waals surface area contributed by atoms with Gasteiger partial charge in [-0.3, -0.25) is 4.40 Å². The molecule has 2 aromatic rings. The maximum absolute atomic E-state index is 5.55. The van der Waals surface area contributed by atoms with E-state index < -0.39 is 0 Å². The molecule has 0 unspecified atom stereocenters. The highest BCUT2D eigenvalue weighted by molar-refractivity contribution is 5.50. The van der Waals surface area contributed by atoms with Crippen LogP contribution < -0.4 is 5.73 Å². The molecule has 0 aliphatic rings. The lowest BCUT2D eigenvalue weighted by Crippen LogP contribution is -1.97. The molecule has 0 atom stereocenters. The molecule has 50 valence electrons. The molecule has 3 heteroatoms. The maximum atomic E-state index is 5.55.